The number of thioether (sulfide) groups is 1. The zero-order chi connectivity index (χ0) is 15.4. The SMILES string of the molecule is CC(C)Cn1ccnc1CN[C@H]1CSCCc2ccccc21. The van der Waals surface area contributed by atoms with Crippen molar-refractivity contribution < 1.29 is 0 Å². The normalized spacial score (nSPS) is 18.2. The molecule has 0 saturated heterocycles. The van der Waals surface area contributed by atoms with Crippen LogP contribution in [0.1, 0.15) is 36.8 Å². The number of benzene rings is 1. The monoisotopic (exact) mass is 315 g/mol. The number of rotatable bonds is 5. The molecule has 3 nitrogen and oxygen atoms in total. The standard InChI is InChI=1S/C18H25N3S/c1-14(2)12-21-9-8-19-18(21)11-20-17-13-22-10-7-15-5-3-4-6-16(15)17/h3-6,8-9,14,17,20H,7,10-13H2,1-2H3/t17-/m0/s1. The maximum atomic E-state index is 4.53. The molecular formula is C18H25N3S. The lowest BCUT2D eigenvalue weighted by Crippen LogP contribution is -2.25. The Kier molecular flexibility index (Phi) is 5.21. The van der Waals surface area contributed by atoms with E-state index >= 15 is 0 Å². The molecular weight excluding hydrogens is 290 g/mol. The second-order valence-electron chi connectivity index (χ2n) is 6.35. The molecule has 1 aliphatic rings. The number of nitrogens with zero attached hydrogens (tertiary/aromatic N) is 2. The van der Waals surface area contributed by atoms with Crippen LogP contribution in [0.5, 0.6) is 0 Å². The topological polar surface area (TPSA) is 29.9 Å². The Morgan fingerprint density at radius 1 is 1.36 bits per heavy atom. The van der Waals surface area contributed by atoms with E-state index in [0.717, 1.165) is 24.7 Å². The van der Waals surface area contributed by atoms with Gasteiger partial charge in [-0.2, -0.15) is 11.8 Å². The van der Waals surface area contributed by atoms with Crippen molar-refractivity contribution >= 4 is 11.8 Å². The van der Waals surface area contributed by atoms with Gasteiger partial charge in [-0.25, -0.2) is 4.98 Å². The van der Waals surface area contributed by atoms with Crippen molar-refractivity contribution in [1.82, 2.24) is 14.9 Å². The van der Waals surface area contributed by atoms with Crippen molar-refractivity contribution in [1.29, 1.82) is 0 Å². The van der Waals surface area contributed by atoms with Crippen LogP contribution in [0.4, 0.5) is 0 Å². The largest absolute Gasteiger partial charge is 0.334 e. The van der Waals surface area contributed by atoms with Crippen molar-refractivity contribution in [3.8, 4) is 0 Å². The van der Waals surface area contributed by atoms with Crippen molar-refractivity contribution in [2.24, 2.45) is 5.92 Å². The molecule has 22 heavy (non-hydrogen) atoms. The Morgan fingerprint density at radius 2 is 2.23 bits per heavy atom. The lowest BCUT2D eigenvalue weighted by Gasteiger charge is -2.19. The highest BCUT2D eigenvalue weighted by molar-refractivity contribution is 7.99. The average molecular weight is 315 g/mol. The van der Waals surface area contributed by atoms with Crippen LogP contribution in [0.3, 0.4) is 0 Å². The van der Waals surface area contributed by atoms with Gasteiger partial charge in [0.05, 0.1) is 6.54 Å². The summed E-state index contributed by atoms with van der Waals surface area (Å²) in [6, 6.07) is 9.28. The molecule has 1 aliphatic heterocycles. The molecule has 0 unspecified atom stereocenters. The molecule has 3 rings (SSSR count). The van der Waals surface area contributed by atoms with Gasteiger partial charge in [0, 0.05) is 30.7 Å². The molecule has 0 aliphatic carbocycles. The molecule has 1 N–H and O–H groups in total. The summed E-state index contributed by atoms with van der Waals surface area (Å²) in [6.07, 6.45) is 5.18. The van der Waals surface area contributed by atoms with Gasteiger partial charge in [-0.1, -0.05) is 38.1 Å². The van der Waals surface area contributed by atoms with Gasteiger partial charge in [0.2, 0.25) is 0 Å². The predicted molar refractivity (Wildman–Crippen MR) is 94.1 cm³/mol. The summed E-state index contributed by atoms with van der Waals surface area (Å²) in [4.78, 5) is 4.53. The summed E-state index contributed by atoms with van der Waals surface area (Å²) in [5, 5.41) is 3.73. The minimum atomic E-state index is 0.424. The number of nitrogens with one attached hydrogen (secondary N) is 1. The smallest absolute Gasteiger partial charge is 0.122 e. The molecule has 0 bridgehead atoms. The van der Waals surface area contributed by atoms with Gasteiger partial charge in [-0.15, -0.1) is 0 Å². The molecule has 0 amide bonds. The minimum absolute atomic E-state index is 0.424. The molecule has 1 atom stereocenters. The van der Waals surface area contributed by atoms with Crippen LogP contribution < -0.4 is 5.32 Å². The maximum Gasteiger partial charge on any atom is 0.122 e. The third-order valence-electron chi connectivity index (χ3n) is 4.10. The van der Waals surface area contributed by atoms with E-state index in [1.807, 2.05) is 18.0 Å². The zero-order valence-electron chi connectivity index (χ0n) is 13.5. The molecule has 1 aromatic carbocycles. The Bertz CT molecular complexity index is 606. The summed E-state index contributed by atoms with van der Waals surface area (Å²) in [6.45, 7) is 6.36. The molecule has 0 spiro atoms. The third-order valence-corrected chi connectivity index (χ3v) is 5.16. The first-order chi connectivity index (χ1) is 10.7. The van der Waals surface area contributed by atoms with E-state index in [0.29, 0.717) is 12.0 Å². The van der Waals surface area contributed by atoms with Gasteiger partial charge >= 0.3 is 0 Å². The Balaban J connectivity index is 1.70. The lowest BCUT2D eigenvalue weighted by atomic mass is 10.00. The molecule has 0 saturated carbocycles. The van der Waals surface area contributed by atoms with Crippen LogP contribution in [-0.4, -0.2) is 21.1 Å². The fourth-order valence-electron chi connectivity index (χ4n) is 3.03. The number of imidazole rings is 1. The Hall–Kier alpha value is -1.26. The van der Waals surface area contributed by atoms with E-state index in [2.05, 4.69) is 59.2 Å². The van der Waals surface area contributed by atoms with Crippen molar-refractivity contribution in [2.45, 2.75) is 39.4 Å². The molecule has 2 heterocycles. The van der Waals surface area contributed by atoms with Gasteiger partial charge in [-0.3, -0.25) is 0 Å². The summed E-state index contributed by atoms with van der Waals surface area (Å²) in [5.74, 6) is 4.14. The lowest BCUT2D eigenvalue weighted by molar-refractivity contribution is 0.483. The molecule has 0 radical (unpaired) electrons. The Labute approximate surface area is 137 Å². The molecule has 2 aromatic rings. The highest BCUT2D eigenvalue weighted by Gasteiger charge is 2.18. The molecule has 1 aromatic heterocycles. The van der Waals surface area contributed by atoms with Crippen molar-refractivity contribution in [3.63, 3.8) is 0 Å². The summed E-state index contributed by atoms with van der Waals surface area (Å²) < 4.78 is 2.27. The van der Waals surface area contributed by atoms with Gasteiger partial charge in [0.1, 0.15) is 5.82 Å². The highest BCUT2D eigenvalue weighted by Crippen LogP contribution is 2.27. The van der Waals surface area contributed by atoms with E-state index in [1.165, 1.54) is 23.3 Å². The predicted octanol–water partition coefficient (Wildman–Crippen LogP) is 3.66. The van der Waals surface area contributed by atoms with Crippen LogP contribution in [0.2, 0.25) is 0 Å². The third kappa shape index (κ3) is 3.73. The van der Waals surface area contributed by atoms with Gasteiger partial charge < -0.3 is 9.88 Å². The number of hydrogen-bond donors (Lipinski definition) is 1. The number of aryl methyl sites for hydroxylation is 1. The molecule has 0 fully saturated rings. The average Bonchev–Trinajstić information content (AvgIpc) is 2.82. The summed E-state index contributed by atoms with van der Waals surface area (Å²) >= 11 is 2.04. The highest BCUT2D eigenvalue weighted by atomic mass is 32.2. The zero-order valence-corrected chi connectivity index (χ0v) is 14.3. The summed E-state index contributed by atoms with van der Waals surface area (Å²) in [7, 11) is 0. The van der Waals surface area contributed by atoms with E-state index in [9.17, 15) is 0 Å². The maximum absolute atomic E-state index is 4.53. The minimum Gasteiger partial charge on any atom is -0.334 e. The van der Waals surface area contributed by atoms with E-state index in [4.69, 9.17) is 0 Å². The first-order valence-electron chi connectivity index (χ1n) is 8.13. The van der Waals surface area contributed by atoms with E-state index in [1.54, 1.807) is 0 Å². The first kappa shape index (κ1) is 15.6. The van der Waals surface area contributed by atoms with Crippen LogP contribution in [0.25, 0.3) is 0 Å². The fourth-order valence-corrected chi connectivity index (χ4v) is 4.09. The summed E-state index contributed by atoms with van der Waals surface area (Å²) in [5.41, 5.74) is 2.96. The van der Waals surface area contributed by atoms with Crippen LogP contribution >= 0.6 is 11.8 Å². The molecule has 118 valence electrons. The number of fused-ring (bicyclic) bond motifs is 1. The van der Waals surface area contributed by atoms with Crippen molar-refractivity contribution in [3.05, 3.63) is 53.6 Å². The van der Waals surface area contributed by atoms with Crippen LogP contribution in [0, 0.1) is 5.92 Å². The van der Waals surface area contributed by atoms with Crippen molar-refractivity contribution in [2.75, 3.05) is 11.5 Å². The van der Waals surface area contributed by atoms with E-state index in [-0.39, 0.29) is 0 Å². The molecule has 4 heteroatoms. The van der Waals surface area contributed by atoms with E-state index < -0.39 is 0 Å². The van der Waals surface area contributed by atoms with Gasteiger partial charge in [0.15, 0.2) is 0 Å². The first-order valence-corrected chi connectivity index (χ1v) is 9.28. The Morgan fingerprint density at radius 3 is 3.09 bits per heavy atom. The van der Waals surface area contributed by atoms with Gasteiger partial charge in [-0.05, 0) is 29.2 Å². The van der Waals surface area contributed by atoms with Crippen LogP contribution in [0.15, 0.2) is 36.7 Å². The number of hydrogen-bond acceptors (Lipinski definition) is 3. The fraction of sp³-hybridized carbons (Fsp3) is 0.500. The second-order valence-corrected chi connectivity index (χ2v) is 7.50. The van der Waals surface area contributed by atoms with Gasteiger partial charge in [0.25, 0.3) is 0 Å². The second kappa shape index (κ2) is 7.34. The van der Waals surface area contributed by atoms with Crippen LogP contribution in [-0.2, 0) is 19.5 Å². The quantitative estimate of drug-likeness (QED) is 0.913. The number of aromatic nitrogens is 2.